The highest BCUT2D eigenvalue weighted by atomic mass is 79.9. The maximum Gasteiger partial charge on any atom is 0.286 e. The second kappa shape index (κ2) is 10.6. The Labute approximate surface area is 213 Å². The molecule has 0 saturated heterocycles. The maximum atomic E-state index is 13.2. The largest absolute Gasteiger partial charge is 0.508 e. The molecule has 4 rings (SSSR count). The number of unbranched alkanes of at least 4 members (excludes halogenated alkanes) is 2. The first-order valence-corrected chi connectivity index (χ1v) is 12.1. The Bertz CT molecular complexity index is 1490. The highest BCUT2D eigenvalue weighted by Gasteiger charge is 2.19. The number of H-pyrrole nitrogens is 1. The number of aromatic amines is 1. The zero-order chi connectivity index (χ0) is 25.1. The Kier molecular flexibility index (Phi) is 7.53. The van der Waals surface area contributed by atoms with Crippen molar-refractivity contribution in [2.24, 2.45) is 10.9 Å². The molecule has 0 radical (unpaired) electrons. The summed E-state index contributed by atoms with van der Waals surface area (Å²) in [6.45, 7) is 6.74. The Morgan fingerprint density at radius 2 is 2.17 bits per heavy atom. The lowest BCUT2D eigenvalue weighted by atomic mass is 10.2. The summed E-state index contributed by atoms with van der Waals surface area (Å²) in [4.78, 5) is 29.9. The van der Waals surface area contributed by atoms with Crippen LogP contribution >= 0.6 is 27.5 Å². The quantitative estimate of drug-likeness (QED) is 0.0920. The van der Waals surface area contributed by atoms with Crippen LogP contribution < -0.4 is 11.5 Å². The number of aromatic nitrogens is 6. The molecule has 35 heavy (non-hydrogen) atoms. The van der Waals surface area contributed by atoms with Gasteiger partial charge in [-0.15, -0.1) is 10.2 Å². The zero-order valence-corrected chi connectivity index (χ0v) is 21.3. The van der Waals surface area contributed by atoms with E-state index in [9.17, 15) is 9.90 Å². The third-order valence-corrected chi connectivity index (χ3v) is 6.15. The summed E-state index contributed by atoms with van der Waals surface area (Å²) in [5.74, 6) is 6.35. The van der Waals surface area contributed by atoms with Crippen molar-refractivity contribution < 1.29 is 9.94 Å². The molecule has 184 valence electrons. The van der Waals surface area contributed by atoms with Gasteiger partial charge in [0.2, 0.25) is 11.7 Å². The van der Waals surface area contributed by atoms with Gasteiger partial charge >= 0.3 is 0 Å². The van der Waals surface area contributed by atoms with Crippen molar-refractivity contribution in [3.63, 3.8) is 0 Å². The van der Waals surface area contributed by atoms with Gasteiger partial charge in [-0.05, 0) is 47.0 Å². The Balaban J connectivity index is 1.64. The van der Waals surface area contributed by atoms with Gasteiger partial charge in [0, 0.05) is 18.7 Å². The predicted molar refractivity (Wildman–Crippen MR) is 137 cm³/mol. The Hall–Kier alpha value is -3.22. The fraction of sp³-hybridized carbons (Fsp3) is 0.318. The standard InChI is InChI=1S/C22H24BrClN8O3/c1-3-4-5-10-31-18-17(27-21(23)28-18)20(34)32-16(29-30-22(31)32)9-6-12(2)26-19(35-25)14-8-7-13(33)11-15(14)24/h7-8,11,33H,2-6,9-10,25H2,1H3,(H,27,28)/b26-19-. The number of halogens is 2. The molecule has 0 aliphatic rings. The van der Waals surface area contributed by atoms with Crippen molar-refractivity contribution in [1.29, 1.82) is 0 Å². The van der Waals surface area contributed by atoms with E-state index in [0.29, 0.717) is 58.1 Å². The van der Waals surface area contributed by atoms with Crippen molar-refractivity contribution in [1.82, 2.24) is 29.1 Å². The number of nitrogens with one attached hydrogen (secondary N) is 1. The van der Waals surface area contributed by atoms with Crippen molar-refractivity contribution in [3.8, 4) is 5.75 Å². The van der Waals surface area contributed by atoms with Crippen LogP contribution in [0.15, 0.2) is 45.0 Å². The topological polar surface area (TPSA) is 149 Å². The molecule has 0 bridgehead atoms. The fourth-order valence-corrected chi connectivity index (χ4v) is 4.37. The number of phenolic OH excluding ortho intramolecular Hbond substituents is 1. The van der Waals surface area contributed by atoms with Crippen LogP contribution in [0.1, 0.15) is 44.0 Å². The molecule has 0 fully saturated rings. The summed E-state index contributed by atoms with van der Waals surface area (Å²) in [6, 6.07) is 4.34. The number of phenols is 1. The van der Waals surface area contributed by atoms with E-state index in [1.54, 1.807) is 0 Å². The molecule has 0 amide bonds. The monoisotopic (exact) mass is 562 g/mol. The number of nitrogens with zero attached hydrogens (tertiary/aromatic N) is 6. The molecule has 13 heteroatoms. The molecule has 4 aromatic rings. The van der Waals surface area contributed by atoms with Crippen LogP contribution in [0.4, 0.5) is 0 Å². The van der Waals surface area contributed by atoms with Crippen LogP contribution in [-0.4, -0.2) is 40.1 Å². The molecule has 0 saturated carbocycles. The summed E-state index contributed by atoms with van der Waals surface area (Å²) >= 11 is 9.49. The van der Waals surface area contributed by atoms with Crippen LogP contribution in [0.3, 0.4) is 0 Å². The van der Waals surface area contributed by atoms with Gasteiger partial charge in [0.15, 0.2) is 15.9 Å². The lowest BCUT2D eigenvalue weighted by Crippen LogP contribution is -2.21. The van der Waals surface area contributed by atoms with Crippen LogP contribution in [-0.2, 0) is 17.8 Å². The second-order valence-electron chi connectivity index (χ2n) is 7.91. The van der Waals surface area contributed by atoms with Gasteiger partial charge in [0.25, 0.3) is 5.56 Å². The molecule has 0 atom stereocenters. The number of hydrogen-bond donors (Lipinski definition) is 3. The summed E-state index contributed by atoms with van der Waals surface area (Å²) in [5, 5.41) is 18.3. The first-order valence-electron chi connectivity index (χ1n) is 11.0. The molecule has 4 N–H and O–H groups in total. The summed E-state index contributed by atoms with van der Waals surface area (Å²) in [7, 11) is 0. The highest BCUT2D eigenvalue weighted by Crippen LogP contribution is 2.23. The van der Waals surface area contributed by atoms with E-state index < -0.39 is 0 Å². The van der Waals surface area contributed by atoms with E-state index in [4.69, 9.17) is 22.3 Å². The molecular weight excluding hydrogens is 540 g/mol. The molecule has 1 aromatic carbocycles. The average Bonchev–Trinajstić information content (AvgIpc) is 3.42. The van der Waals surface area contributed by atoms with Gasteiger partial charge in [0.1, 0.15) is 11.6 Å². The minimum Gasteiger partial charge on any atom is -0.508 e. The summed E-state index contributed by atoms with van der Waals surface area (Å²) < 4.78 is 3.87. The van der Waals surface area contributed by atoms with E-state index >= 15 is 0 Å². The van der Waals surface area contributed by atoms with Gasteiger partial charge in [0.05, 0.1) is 10.6 Å². The van der Waals surface area contributed by atoms with Crippen LogP contribution in [0.2, 0.25) is 5.02 Å². The predicted octanol–water partition coefficient (Wildman–Crippen LogP) is 3.86. The number of allylic oxidation sites excluding steroid dienone is 1. The normalized spacial score (nSPS) is 12.1. The first kappa shape index (κ1) is 24.9. The number of aryl methyl sites for hydroxylation is 2. The molecule has 3 aromatic heterocycles. The molecular formula is C22H24BrClN8O3. The lowest BCUT2D eigenvalue weighted by molar-refractivity contribution is 0.321. The fourth-order valence-electron chi connectivity index (χ4n) is 3.75. The molecule has 0 aliphatic heterocycles. The molecule has 0 unspecified atom stereocenters. The molecule has 0 spiro atoms. The van der Waals surface area contributed by atoms with Gasteiger partial charge in [-0.25, -0.2) is 14.4 Å². The van der Waals surface area contributed by atoms with Gasteiger partial charge in [-0.3, -0.25) is 9.36 Å². The molecule has 3 heterocycles. The first-order chi connectivity index (χ1) is 16.8. The minimum atomic E-state index is -0.282. The Morgan fingerprint density at radius 1 is 1.37 bits per heavy atom. The number of aromatic hydroxyl groups is 1. The Morgan fingerprint density at radius 3 is 2.89 bits per heavy atom. The number of nitrogens with two attached hydrogens (primary N) is 1. The van der Waals surface area contributed by atoms with Gasteiger partial charge < -0.3 is 14.9 Å². The third kappa shape index (κ3) is 5.09. The van der Waals surface area contributed by atoms with E-state index in [0.717, 1.165) is 19.3 Å². The second-order valence-corrected chi connectivity index (χ2v) is 9.07. The number of hydrogen-bond acceptors (Lipinski definition) is 8. The summed E-state index contributed by atoms with van der Waals surface area (Å²) in [5.41, 5.74) is 1.47. The third-order valence-electron chi connectivity index (χ3n) is 5.46. The molecule has 0 aliphatic carbocycles. The number of benzene rings is 1. The van der Waals surface area contributed by atoms with E-state index in [1.165, 1.54) is 22.6 Å². The smallest absolute Gasteiger partial charge is 0.286 e. The van der Waals surface area contributed by atoms with Crippen molar-refractivity contribution >= 4 is 50.4 Å². The van der Waals surface area contributed by atoms with Crippen LogP contribution in [0, 0.1) is 0 Å². The van der Waals surface area contributed by atoms with Gasteiger partial charge in [-0.1, -0.05) is 37.9 Å². The number of rotatable bonds is 9. The lowest BCUT2D eigenvalue weighted by Gasteiger charge is -2.09. The number of fused-ring (bicyclic) bond motifs is 2. The number of aliphatic imine (C=N–C) groups is 1. The highest BCUT2D eigenvalue weighted by molar-refractivity contribution is 9.10. The van der Waals surface area contributed by atoms with Crippen molar-refractivity contribution in [2.75, 3.05) is 0 Å². The van der Waals surface area contributed by atoms with Crippen LogP contribution in [0.25, 0.3) is 16.9 Å². The van der Waals surface area contributed by atoms with E-state index in [-0.39, 0.29) is 22.2 Å². The number of imidazole rings is 1. The molecule has 11 nitrogen and oxygen atoms in total. The van der Waals surface area contributed by atoms with Crippen molar-refractivity contribution in [2.45, 2.75) is 45.6 Å². The van der Waals surface area contributed by atoms with Crippen LogP contribution in [0.5, 0.6) is 5.75 Å². The maximum absolute atomic E-state index is 13.2. The zero-order valence-electron chi connectivity index (χ0n) is 19.0. The summed E-state index contributed by atoms with van der Waals surface area (Å²) in [6.07, 6.45) is 3.72. The average molecular weight is 564 g/mol. The minimum absolute atomic E-state index is 0.00591. The SMILES string of the molecule is C=C(CCc1nnc2n(CCCCC)c3nc(Br)[nH]c3c(=O)n12)/N=C(\ON)c1ccc(O)cc1Cl. The van der Waals surface area contributed by atoms with Gasteiger partial charge in [-0.2, -0.15) is 5.90 Å². The van der Waals surface area contributed by atoms with E-state index in [2.05, 4.69) is 54.6 Å². The van der Waals surface area contributed by atoms with E-state index in [1.807, 2.05) is 4.57 Å². The van der Waals surface area contributed by atoms with Crippen molar-refractivity contribution in [3.05, 3.63) is 62.0 Å².